The maximum absolute atomic E-state index is 5.05. The molecular formula is C17H29N3O. The van der Waals surface area contributed by atoms with Gasteiger partial charge in [-0.15, -0.1) is 0 Å². The van der Waals surface area contributed by atoms with Gasteiger partial charge in [-0.2, -0.15) is 0 Å². The van der Waals surface area contributed by atoms with Crippen LogP contribution in [0.2, 0.25) is 0 Å². The van der Waals surface area contributed by atoms with Crippen molar-refractivity contribution in [1.29, 1.82) is 0 Å². The first-order valence-electron chi connectivity index (χ1n) is 7.83. The lowest BCUT2D eigenvalue weighted by Gasteiger charge is -2.11. The molecule has 0 fully saturated rings. The molecule has 0 aliphatic heterocycles. The Morgan fingerprint density at radius 2 is 1.86 bits per heavy atom. The fourth-order valence-electron chi connectivity index (χ4n) is 1.96. The van der Waals surface area contributed by atoms with Gasteiger partial charge in [0, 0.05) is 26.8 Å². The summed E-state index contributed by atoms with van der Waals surface area (Å²) in [5.41, 5.74) is 2.52. The van der Waals surface area contributed by atoms with E-state index >= 15 is 0 Å². The van der Waals surface area contributed by atoms with Gasteiger partial charge in [0.15, 0.2) is 5.96 Å². The predicted molar refractivity (Wildman–Crippen MR) is 89.7 cm³/mol. The molecule has 0 aliphatic carbocycles. The van der Waals surface area contributed by atoms with Crippen LogP contribution in [0.15, 0.2) is 29.3 Å². The minimum absolute atomic E-state index is 0.708. The van der Waals surface area contributed by atoms with Crippen LogP contribution in [0.5, 0.6) is 0 Å². The van der Waals surface area contributed by atoms with Crippen LogP contribution in [0, 0.1) is 6.92 Å². The largest absolute Gasteiger partial charge is 0.385 e. The van der Waals surface area contributed by atoms with Crippen LogP contribution >= 0.6 is 0 Å². The normalized spacial score (nSPS) is 11.5. The molecular weight excluding hydrogens is 262 g/mol. The van der Waals surface area contributed by atoms with Gasteiger partial charge in [-0.05, 0) is 38.7 Å². The van der Waals surface area contributed by atoms with Crippen LogP contribution in [-0.2, 0) is 11.3 Å². The van der Waals surface area contributed by atoms with Crippen LogP contribution in [0.1, 0.15) is 37.3 Å². The number of guanidine groups is 1. The second-order valence-electron chi connectivity index (χ2n) is 5.16. The number of methoxy groups -OCH3 is 1. The highest BCUT2D eigenvalue weighted by Crippen LogP contribution is 2.04. The van der Waals surface area contributed by atoms with Gasteiger partial charge in [0.05, 0.1) is 6.54 Å². The predicted octanol–water partition coefficient (Wildman–Crippen LogP) is 2.87. The number of rotatable bonds is 9. The molecule has 0 saturated carbocycles. The standard InChI is InChI=1S/C17H29N3O/c1-4-18-17(19-12-6-5-7-13-21-3)20-14-16-10-8-15(2)9-11-16/h8-11H,4-7,12-14H2,1-3H3,(H2,18,19,20). The minimum Gasteiger partial charge on any atom is -0.385 e. The summed E-state index contributed by atoms with van der Waals surface area (Å²) < 4.78 is 5.05. The van der Waals surface area contributed by atoms with Crippen LogP contribution in [0.25, 0.3) is 0 Å². The Morgan fingerprint density at radius 3 is 2.52 bits per heavy atom. The van der Waals surface area contributed by atoms with Crippen LogP contribution < -0.4 is 10.6 Å². The zero-order valence-corrected chi connectivity index (χ0v) is 13.6. The van der Waals surface area contributed by atoms with Crippen molar-refractivity contribution in [3.63, 3.8) is 0 Å². The lowest BCUT2D eigenvalue weighted by molar-refractivity contribution is 0.192. The number of unbranched alkanes of at least 4 members (excludes halogenated alkanes) is 2. The van der Waals surface area contributed by atoms with Gasteiger partial charge in [-0.3, -0.25) is 0 Å². The van der Waals surface area contributed by atoms with E-state index in [1.807, 2.05) is 0 Å². The molecule has 0 heterocycles. The van der Waals surface area contributed by atoms with Crippen LogP contribution in [0.4, 0.5) is 0 Å². The van der Waals surface area contributed by atoms with E-state index in [0.29, 0.717) is 6.54 Å². The van der Waals surface area contributed by atoms with Gasteiger partial charge in [-0.25, -0.2) is 4.99 Å². The first-order chi connectivity index (χ1) is 10.3. The highest BCUT2D eigenvalue weighted by Gasteiger charge is 1.97. The van der Waals surface area contributed by atoms with Gasteiger partial charge in [0.2, 0.25) is 0 Å². The van der Waals surface area contributed by atoms with Crippen molar-refractivity contribution in [2.75, 3.05) is 26.8 Å². The Balaban J connectivity index is 2.33. The van der Waals surface area contributed by atoms with Crippen molar-refractivity contribution in [2.24, 2.45) is 4.99 Å². The molecule has 0 bridgehead atoms. The van der Waals surface area contributed by atoms with Gasteiger partial charge < -0.3 is 15.4 Å². The second-order valence-corrected chi connectivity index (χ2v) is 5.16. The molecule has 118 valence electrons. The van der Waals surface area contributed by atoms with Gasteiger partial charge >= 0.3 is 0 Å². The van der Waals surface area contributed by atoms with Crippen molar-refractivity contribution in [1.82, 2.24) is 10.6 Å². The second kappa shape index (κ2) is 11.1. The Morgan fingerprint density at radius 1 is 1.10 bits per heavy atom. The monoisotopic (exact) mass is 291 g/mol. The van der Waals surface area contributed by atoms with E-state index in [0.717, 1.165) is 38.5 Å². The fraction of sp³-hybridized carbons (Fsp3) is 0.588. The van der Waals surface area contributed by atoms with Crippen LogP contribution in [-0.4, -0.2) is 32.8 Å². The third kappa shape index (κ3) is 8.35. The zero-order valence-electron chi connectivity index (χ0n) is 13.6. The minimum atomic E-state index is 0.708. The van der Waals surface area contributed by atoms with Crippen molar-refractivity contribution in [3.05, 3.63) is 35.4 Å². The number of nitrogens with one attached hydrogen (secondary N) is 2. The number of hydrogen-bond acceptors (Lipinski definition) is 2. The number of hydrogen-bond donors (Lipinski definition) is 2. The van der Waals surface area contributed by atoms with E-state index in [2.05, 4.69) is 53.7 Å². The molecule has 4 nitrogen and oxygen atoms in total. The summed E-state index contributed by atoms with van der Waals surface area (Å²) >= 11 is 0. The fourth-order valence-corrected chi connectivity index (χ4v) is 1.96. The first kappa shape index (κ1) is 17.5. The summed E-state index contributed by atoms with van der Waals surface area (Å²) in [4.78, 5) is 4.62. The molecule has 4 heteroatoms. The molecule has 1 aromatic carbocycles. The van der Waals surface area contributed by atoms with E-state index in [1.54, 1.807) is 7.11 Å². The number of aryl methyl sites for hydroxylation is 1. The summed E-state index contributed by atoms with van der Waals surface area (Å²) in [6, 6.07) is 8.52. The molecule has 0 unspecified atom stereocenters. The van der Waals surface area contributed by atoms with Gasteiger partial charge in [-0.1, -0.05) is 29.8 Å². The SMILES string of the molecule is CCNC(=NCc1ccc(C)cc1)NCCCCCOC. The van der Waals surface area contributed by atoms with E-state index in [4.69, 9.17) is 4.74 Å². The molecule has 2 N–H and O–H groups in total. The first-order valence-corrected chi connectivity index (χ1v) is 7.83. The lowest BCUT2D eigenvalue weighted by atomic mass is 10.1. The summed E-state index contributed by atoms with van der Waals surface area (Å²) in [6.45, 7) is 7.57. The Labute approximate surface area is 129 Å². The molecule has 0 spiro atoms. The zero-order chi connectivity index (χ0) is 15.3. The summed E-state index contributed by atoms with van der Waals surface area (Å²) in [6.07, 6.45) is 3.44. The number of nitrogens with zero attached hydrogens (tertiary/aromatic N) is 1. The van der Waals surface area contributed by atoms with E-state index in [-0.39, 0.29) is 0 Å². The van der Waals surface area contributed by atoms with E-state index < -0.39 is 0 Å². The summed E-state index contributed by atoms with van der Waals surface area (Å²) in [7, 11) is 1.75. The highest BCUT2D eigenvalue weighted by molar-refractivity contribution is 5.79. The average Bonchev–Trinajstić information content (AvgIpc) is 2.49. The topological polar surface area (TPSA) is 45.7 Å². The molecule has 0 aromatic heterocycles. The van der Waals surface area contributed by atoms with Crippen molar-refractivity contribution in [2.45, 2.75) is 39.7 Å². The van der Waals surface area contributed by atoms with Gasteiger partial charge in [0.1, 0.15) is 0 Å². The van der Waals surface area contributed by atoms with E-state index in [9.17, 15) is 0 Å². The Hall–Kier alpha value is -1.55. The summed E-state index contributed by atoms with van der Waals surface area (Å²) in [5, 5.41) is 6.66. The molecule has 1 rings (SSSR count). The van der Waals surface area contributed by atoms with Crippen molar-refractivity contribution < 1.29 is 4.74 Å². The maximum atomic E-state index is 5.05. The molecule has 21 heavy (non-hydrogen) atoms. The highest BCUT2D eigenvalue weighted by atomic mass is 16.5. The van der Waals surface area contributed by atoms with Crippen LogP contribution in [0.3, 0.4) is 0 Å². The third-order valence-electron chi connectivity index (χ3n) is 3.20. The lowest BCUT2D eigenvalue weighted by Crippen LogP contribution is -2.37. The molecule has 0 amide bonds. The Kier molecular flexibility index (Phi) is 9.29. The summed E-state index contributed by atoms with van der Waals surface area (Å²) in [5.74, 6) is 0.893. The third-order valence-corrected chi connectivity index (χ3v) is 3.20. The number of ether oxygens (including phenoxy) is 1. The van der Waals surface area contributed by atoms with Crippen molar-refractivity contribution >= 4 is 5.96 Å². The van der Waals surface area contributed by atoms with E-state index in [1.165, 1.54) is 17.5 Å². The molecule has 0 saturated heterocycles. The quantitative estimate of drug-likeness (QED) is 0.418. The molecule has 0 aliphatic rings. The van der Waals surface area contributed by atoms with Crippen molar-refractivity contribution in [3.8, 4) is 0 Å². The number of aliphatic imine (C=N–C) groups is 1. The smallest absolute Gasteiger partial charge is 0.191 e. The van der Waals surface area contributed by atoms with Gasteiger partial charge in [0.25, 0.3) is 0 Å². The Bertz CT molecular complexity index is 401. The molecule has 1 aromatic rings. The molecule has 0 atom stereocenters. The maximum Gasteiger partial charge on any atom is 0.191 e. The number of benzene rings is 1. The average molecular weight is 291 g/mol. The molecule has 0 radical (unpaired) electrons.